The van der Waals surface area contributed by atoms with Crippen LogP contribution in [0.5, 0.6) is 0 Å². The van der Waals surface area contributed by atoms with Crippen molar-refractivity contribution in [3.05, 3.63) is 28.0 Å². The Balaban J connectivity index is 2.47. The zero-order valence-corrected chi connectivity index (χ0v) is 11.8. The van der Waals surface area contributed by atoms with Gasteiger partial charge in [-0.15, -0.1) is 0 Å². The van der Waals surface area contributed by atoms with Gasteiger partial charge in [0.1, 0.15) is 17.2 Å². The van der Waals surface area contributed by atoms with Crippen LogP contribution in [0.15, 0.2) is 15.5 Å². The van der Waals surface area contributed by atoms with Gasteiger partial charge in [0, 0.05) is 0 Å². The summed E-state index contributed by atoms with van der Waals surface area (Å²) in [5.74, 6) is -1.91. The summed E-state index contributed by atoms with van der Waals surface area (Å²) < 4.78 is 5.26. The molecule has 1 amide bonds. The number of nitrogens with zero attached hydrogens (tertiary/aromatic N) is 1. The minimum Gasteiger partial charge on any atom is -0.480 e. The highest BCUT2D eigenvalue weighted by Gasteiger charge is 2.28. The Morgan fingerprint density at radius 1 is 1.43 bits per heavy atom. The Bertz CT molecular complexity index is 759. The third-order valence-electron chi connectivity index (χ3n) is 3.12. The second kappa shape index (κ2) is 5.39. The lowest BCUT2D eigenvalue weighted by Crippen LogP contribution is -2.44. The molecule has 8 heteroatoms. The SMILES string of the molecule is Cc1oc2nc[nH]c(=O)c2c1C(=O)N[C@@H](C(=O)O)C(C)C. The van der Waals surface area contributed by atoms with Crippen LogP contribution in [0.3, 0.4) is 0 Å². The molecule has 112 valence electrons. The number of aromatic nitrogens is 2. The van der Waals surface area contributed by atoms with Crippen LogP contribution in [-0.2, 0) is 4.79 Å². The van der Waals surface area contributed by atoms with Gasteiger partial charge in [-0.3, -0.25) is 9.59 Å². The van der Waals surface area contributed by atoms with Crippen molar-refractivity contribution in [3.63, 3.8) is 0 Å². The van der Waals surface area contributed by atoms with Gasteiger partial charge in [-0.1, -0.05) is 13.8 Å². The van der Waals surface area contributed by atoms with E-state index in [-0.39, 0.29) is 28.3 Å². The summed E-state index contributed by atoms with van der Waals surface area (Å²) in [5, 5.41) is 11.5. The van der Waals surface area contributed by atoms with Crippen LogP contribution in [0.2, 0.25) is 0 Å². The van der Waals surface area contributed by atoms with Crippen LogP contribution in [0.1, 0.15) is 30.0 Å². The van der Waals surface area contributed by atoms with E-state index >= 15 is 0 Å². The van der Waals surface area contributed by atoms with Gasteiger partial charge in [0.15, 0.2) is 0 Å². The largest absolute Gasteiger partial charge is 0.480 e. The molecule has 2 rings (SSSR count). The van der Waals surface area contributed by atoms with E-state index in [4.69, 9.17) is 9.52 Å². The van der Waals surface area contributed by atoms with E-state index < -0.39 is 23.5 Å². The molecule has 2 aromatic heterocycles. The number of hydrogen-bond donors (Lipinski definition) is 3. The Kier molecular flexibility index (Phi) is 3.79. The Hall–Kier alpha value is -2.64. The average molecular weight is 293 g/mol. The summed E-state index contributed by atoms with van der Waals surface area (Å²) in [6.07, 6.45) is 1.17. The van der Waals surface area contributed by atoms with Crippen LogP contribution >= 0.6 is 0 Å². The lowest BCUT2D eigenvalue weighted by molar-refractivity contribution is -0.140. The fraction of sp³-hybridized carbons (Fsp3) is 0.385. The molecular weight excluding hydrogens is 278 g/mol. The molecule has 0 unspecified atom stereocenters. The van der Waals surface area contributed by atoms with Crippen molar-refractivity contribution in [2.45, 2.75) is 26.8 Å². The molecule has 0 aliphatic heterocycles. The van der Waals surface area contributed by atoms with E-state index in [1.54, 1.807) is 13.8 Å². The molecule has 0 fully saturated rings. The number of hydrogen-bond acceptors (Lipinski definition) is 5. The zero-order valence-electron chi connectivity index (χ0n) is 11.8. The van der Waals surface area contributed by atoms with E-state index in [0.29, 0.717) is 0 Å². The lowest BCUT2D eigenvalue weighted by atomic mass is 10.0. The summed E-state index contributed by atoms with van der Waals surface area (Å²) in [7, 11) is 0. The molecule has 0 bridgehead atoms. The molecule has 2 heterocycles. The van der Waals surface area contributed by atoms with Crippen LogP contribution in [0, 0.1) is 12.8 Å². The first-order valence-corrected chi connectivity index (χ1v) is 6.33. The number of aromatic amines is 1. The molecule has 0 aromatic carbocycles. The molecular formula is C13H15N3O5. The predicted molar refractivity (Wildman–Crippen MR) is 73.1 cm³/mol. The third kappa shape index (κ3) is 2.64. The van der Waals surface area contributed by atoms with E-state index in [9.17, 15) is 14.4 Å². The highest BCUT2D eigenvalue weighted by atomic mass is 16.4. The van der Waals surface area contributed by atoms with E-state index in [1.807, 2.05) is 0 Å². The van der Waals surface area contributed by atoms with Gasteiger partial charge < -0.3 is 19.8 Å². The maximum Gasteiger partial charge on any atom is 0.326 e. The second-order valence-corrected chi connectivity index (χ2v) is 4.98. The Morgan fingerprint density at radius 3 is 2.67 bits per heavy atom. The average Bonchev–Trinajstić information content (AvgIpc) is 2.72. The number of carboxylic acids is 1. The third-order valence-corrected chi connectivity index (χ3v) is 3.12. The number of rotatable bonds is 4. The van der Waals surface area contributed by atoms with Gasteiger partial charge in [-0.05, 0) is 12.8 Å². The van der Waals surface area contributed by atoms with Crippen molar-refractivity contribution < 1.29 is 19.1 Å². The van der Waals surface area contributed by atoms with E-state index in [1.165, 1.54) is 13.3 Å². The van der Waals surface area contributed by atoms with E-state index in [0.717, 1.165) is 0 Å². The van der Waals surface area contributed by atoms with Gasteiger partial charge in [0.2, 0.25) is 5.71 Å². The summed E-state index contributed by atoms with van der Waals surface area (Å²) in [5.41, 5.74) is -0.470. The topological polar surface area (TPSA) is 125 Å². The van der Waals surface area contributed by atoms with Crippen LogP contribution < -0.4 is 10.9 Å². The number of amides is 1. The van der Waals surface area contributed by atoms with Crippen LogP contribution in [0.25, 0.3) is 11.1 Å². The number of H-pyrrole nitrogens is 1. The summed E-state index contributed by atoms with van der Waals surface area (Å²) >= 11 is 0. The van der Waals surface area contributed by atoms with Crippen LogP contribution in [-0.4, -0.2) is 33.0 Å². The number of aryl methyl sites for hydroxylation is 1. The number of carboxylic acid groups (broad SMARTS) is 1. The molecule has 0 aliphatic rings. The molecule has 8 nitrogen and oxygen atoms in total. The molecule has 0 aliphatic carbocycles. The highest BCUT2D eigenvalue weighted by Crippen LogP contribution is 2.20. The maximum absolute atomic E-state index is 12.3. The second-order valence-electron chi connectivity index (χ2n) is 4.98. The number of nitrogens with one attached hydrogen (secondary N) is 2. The van der Waals surface area contributed by atoms with Gasteiger partial charge in [0.05, 0.1) is 11.9 Å². The Morgan fingerprint density at radius 2 is 2.10 bits per heavy atom. The smallest absolute Gasteiger partial charge is 0.326 e. The molecule has 0 saturated heterocycles. The number of fused-ring (bicyclic) bond motifs is 1. The van der Waals surface area contributed by atoms with Crippen molar-refractivity contribution in [2.75, 3.05) is 0 Å². The highest BCUT2D eigenvalue weighted by molar-refractivity contribution is 6.07. The molecule has 1 atom stereocenters. The van der Waals surface area contributed by atoms with E-state index in [2.05, 4.69) is 15.3 Å². The molecule has 21 heavy (non-hydrogen) atoms. The number of carbonyl (C=O) groups excluding carboxylic acids is 1. The quantitative estimate of drug-likeness (QED) is 0.760. The van der Waals surface area contributed by atoms with Gasteiger partial charge in [0.25, 0.3) is 11.5 Å². The first-order valence-electron chi connectivity index (χ1n) is 6.33. The normalized spacial score (nSPS) is 12.6. The minimum absolute atomic E-state index is 0.00579. The summed E-state index contributed by atoms with van der Waals surface area (Å²) in [6.45, 7) is 4.86. The first-order chi connectivity index (χ1) is 9.82. The standard InChI is InChI=1S/C13H15N3O5/c1-5(2)9(13(19)20)16-11(18)7-6(3)21-12-8(7)10(17)14-4-15-12/h4-5,9H,1-3H3,(H,16,18)(H,19,20)(H,14,15,17)/t9-/m1/s1. The van der Waals surface area contributed by atoms with Crippen molar-refractivity contribution in [2.24, 2.45) is 5.92 Å². The lowest BCUT2D eigenvalue weighted by Gasteiger charge is -2.17. The zero-order chi connectivity index (χ0) is 15.7. The molecule has 0 spiro atoms. The Labute approximate surface area is 119 Å². The van der Waals surface area contributed by atoms with Crippen LogP contribution in [0.4, 0.5) is 0 Å². The number of aliphatic carboxylic acids is 1. The van der Waals surface area contributed by atoms with Gasteiger partial charge in [-0.2, -0.15) is 0 Å². The van der Waals surface area contributed by atoms with Crippen molar-refractivity contribution in [3.8, 4) is 0 Å². The van der Waals surface area contributed by atoms with Crippen molar-refractivity contribution in [1.29, 1.82) is 0 Å². The summed E-state index contributed by atoms with van der Waals surface area (Å²) in [4.78, 5) is 41.5. The summed E-state index contributed by atoms with van der Waals surface area (Å²) in [6, 6.07) is -1.06. The number of carbonyl (C=O) groups is 2. The monoisotopic (exact) mass is 293 g/mol. The number of furan rings is 1. The fourth-order valence-electron chi connectivity index (χ4n) is 2.05. The van der Waals surface area contributed by atoms with Gasteiger partial charge in [-0.25, -0.2) is 9.78 Å². The maximum atomic E-state index is 12.3. The predicted octanol–water partition coefficient (Wildman–Crippen LogP) is 0.664. The molecule has 2 aromatic rings. The molecule has 0 radical (unpaired) electrons. The fourth-order valence-corrected chi connectivity index (χ4v) is 2.05. The molecule has 3 N–H and O–H groups in total. The molecule has 0 saturated carbocycles. The minimum atomic E-state index is -1.14. The van der Waals surface area contributed by atoms with Crippen molar-refractivity contribution >= 4 is 23.0 Å². The van der Waals surface area contributed by atoms with Crippen molar-refractivity contribution in [1.82, 2.24) is 15.3 Å². The van der Waals surface area contributed by atoms with Gasteiger partial charge >= 0.3 is 5.97 Å². The first kappa shape index (κ1) is 14.8.